The first-order valence-electron chi connectivity index (χ1n) is 11.4. The van der Waals surface area contributed by atoms with Crippen LogP contribution in [0.2, 0.25) is 0 Å². The van der Waals surface area contributed by atoms with Crippen LogP contribution in [0.5, 0.6) is 0 Å². The molecule has 1 atom stereocenters. The number of carbonyl (C=O) groups is 1. The van der Waals surface area contributed by atoms with E-state index in [0.29, 0.717) is 6.42 Å². The van der Waals surface area contributed by atoms with Crippen LogP contribution in [-0.4, -0.2) is 49.0 Å². The summed E-state index contributed by atoms with van der Waals surface area (Å²) in [6.45, 7) is 5.08. The van der Waals surface area contributed by atoms with Crippen molar-refractivity contribution in [2.75, 3.05) is 36.0 Å². The highest BCUT2D eigenvalue weighted by Crippen LogP contribution is 2.27. The Balaban J connectivity index is 1.38. The van der Waals surface area contributed by atoms with Gasteiger partial charge in [-0.3, -0.25) is 4.79 Å². The second kappa shape index (κ2) is 9.06. The molecule has 3 aromatic rings. The van der Waals surface area contributed by atoms with Gasteiger partial charge >= 0.3 is 0 Å². The number of nitrogens with zero attached hydrogens (tertiary/aromatic N) is 4. The minimum atomic E-state index is -0.432. The van der Waals surface area contributed by atoms with E-state index in [2.05, 4.69) is 9.80 Å². The van der Waals surface area contributed by atoms with Crippen molar-refractivity contribution < 1.29 is 9.18 Å². The lowest BCUT2D eigenvalue weighted by Gasteiger charge is -2.38. The maximum Gasteiger partial charge on any atom is 0.259 e. The molecule has 0 spiro atoms. The highest BCUT2D eigenvalue weighted by Gasteiger charge is 2.39. The summed E-state index contributed by atoms with van der Waals surface area (Å²) in [5.74, 6) is 0.511. The van der Waals surface area contributed by atoms with Crippen molar-refractivity contribution in [3.05, 3.63) is 95.8 Å². The first-order chi connectivity index (χ1) is 16.1. The molecule has 168 valence electrons. The molecule has 1 saturated heterocycles. The summed E-state index contributed by atoms with van der Waals surface area (Å²) in [6.07, 6.45) is 0.584. The highest BCUT2D eigenvalue weighted by molar-refractivity contribution is 6.22. The number of hydrogen-bond acceptors (Lipinski definition) is 4. The molecule has 2 heterocycles. The smallest absolute Gasteiger partial charge is 0.259 e. The number of rotatable bonds is 4. The van der Waals surface area contributed by atoms with Crippen molar-refractivity contribution in [3.63, 3.8) is 0 Å². The zero-order valence-corrected chi connectivity index (χ0v) is 18.7. The van der Waals surface area contributed by atoms with Crippen LogP contribution in [0.25, 0.3) is 0 Å². The largest absolute Gasteiger partial charge is 0.368 e. The molecule has 0 bridgehead atoms. The Morgan fingerprint density at radius 2 is 1.42 bits per heavy atom. The topological polar surface area (TPSA) is 39.2 Å². The third-order valence-electron chi connectivity index (χ3n) is 6.30. The van der Waals surface area contributed by atoms with Crippen LogP contribution in [0.4, 0.5) is 15.8 Å². The molecule has 6 heteroatoms. The summed E-state index contributed by atoms with van der Waals surface area (Å²) >= 11 is 0. The first-order valence-corrected chi connectivity index (χ1v) is 11.4. The Kier molecular flexibility index (Phi) is 5.82. The number of benzene rings is 3. The predicted molar refractivity (Wildman–Crippen MR) is 130 cm³/mol. The van der Waals surface area contributed by atoms with Gasteiger partial charge in [-0.25, -0.2) is 14.3 Å². The van der Waals surface area contributed by atoms with E-state index in [9.17, 15) is 9.18 Å². The lowest BCUT2D eigenvalue weighted by Crippen LogP contribution is -2.53. The zero-order valence-electron chi connectivity index (χ0n) is 18.7. The van der Waals surface area contributed by atoms with Crippen molar-refractivity contribution in [2.24, 2.45) is 4.99 Å². The molecule has 0 N–H and O–H groups in total. The van der Waals surface area contributed by atoms with E-state index < -0.39 is 6.04 Å². The summed E-state index contributed by atoms with van der Waals surface area (Å²) in [5.41, 5.74) is 4.11. The minimum Gasteiger partial charge on any atom is -0.368 e. The second-order valence-corrected chi connectivity index (χ2v) is 8.59. The number of hydrogen-bond donors (Lipinski definition) is 0. The van der Waals surface area contributed by atoms with Gasteiger partial charge in [0.1, 0.15) is 11.9 Å². The molecule has 1 amide bonds. The molecule has 1 fully saturated rings. The van der Waals surface area contributed by atoms with Crippen LogP contribution in [0.15, 0.2) is 83.9 Å². The van der Waals surface area contributed by atoms with Gasteiger partial charge in [0.05, 0.1) is 5.69 Å². The van der Waals surface area contributed by atoms with E-state index in [1.807, 2.05) is 73.7 Å². The molecule has 2 aliphatic rings. The molecule has 2 aliphatic heterocycles. The Labute approximate surface area is 193 Å². The highest BCUT2D eigenvalue weighted by atomic mass is 19.1. The summed E-state index contributed by atoms with van der Waals surface area (Å²) in [5, 5.41) is 0. The summed E-state index contributed by atoms with van der Waals surface area (Å²) < 4.78 is 13.3. The van der Waals surface area contributed by atoms with Crippen molar-refractivity contribution in [1.29, 1.82) is 0 Å². The summed E-state index contributed by atoms with van der Waals surface area (Å²) in [7, 11) is 0. The fraction of sp³-hybridized carbons (Fsp3) is 0.259. The van der Waals surface area contributed by atoms with Gasteiger partial charge in [-0.1, -0.05) is 48.0 Å². The fourth-order valence-corrected chi connectivity index (χ4v) is 4.45. The third-order valence-corrected chi connectivity index (χ3v) is 6.30. The van der Waals surface area contributed by atoms with Gasteiger partial charge in [-0.2, -0.15) is 0 Å². The number of aliphatic imine (C=N–C) groups is 1. The average Bonchev–Trinajstić information content (AvgIpc) is 3.17. The van der Waals surface area contributed by atoms with Gasteiger partial charge in [0.2, 0.25) is 5.96 Å². The normalized spacial score (nSPS) is 18.6. The van der Waals surface area contributed by atoms with Crippen molar-refractivity contribution in [1.82, 2.24) is 4.90 Å². The Bertz CT molecular complexity index is 1140. The standard InChI is InChI=1S/C27H27FN4O/c1-20-7-11-24(12-8-20)32-26(33)25(19-21-5-3-2-4-6-21)29-27(32)31-17-15-30(16-18-31)23-13-9-22(28)10-14-23/h2-14,25H,15-19H2,1H3. The van der Waals surface area contributed by atoms with Crippen LogP contribution < -0.4 is 9.80 Å². The lowest BCUT2D eigenvalue weighted by molar-refractivity contribution is -0.118. The molecule has 3 aromatic carbocycles. The minimum absolute atomic E-state index is 0.0127. The number of amides is 1. The molecular formula is C27H27FN4O. The van der Waals surface area contributed by atoms with Gasteiger partial charge in [0, 0.05) is 38.3 Å². The zero-order chi connectivity index (χ0) is 22.8. The van der Waals surface area contributed by atoms with Crippen LogP contribution >= 0.6 is 0 Å². The lowest BCUT2D eigenvalue weighted by atomic mass is 10.1. The summed E-state index contributed by atoms with van der Waals surface area (Å²) in [6, 6.07) is 24.3. The van der Waals surface area contributed by atoms with E-state index in [0.717, 1.165) is 54.6 Å². The Morgan fingerprint density at radius 3 is 2.09 bits per heavy atom. The molecule has 1 unspecified atom stereocenters. The molecule has 33 heavy (non-hydrogen) atoms. The van der Waals surface area contributed by atoms with E-state index in [1.165, 1.54) is 12.1 Å². The van der Waals surface area contributed by atoms with Gasteiger partial charge in [-0.05, 0) is 48.9 Å². The number of carbonyl (C=O) groups excluding carboxylic acids is 1. The molecule has 0 aromatic heterocycles. The summed E-state index contributed by atoms with van der Waals surface area (Å²) in [4.78, 5) is 24.6. The Morgan fingerprint density at radius 1 is 0.818 bits per heavy atom. The van der Waals surface area contributed by atoms with Crippen LogP contribution in [-0.2, 0) is 11.2 Å². The van der Waals surface area contributed by atoms with Gasteiger partial charge < -0.3 is 9.80 Å². The molecule has 0 radical (unpaired) electrons. The monoisotopic (exact) mass is 442 g/mol. The number of anilines is 2. The van der Waals surface area contributed by atoms with Gasteiger partial charge in [0.15, 0.2) is 0 Å². The molecule has 5 nitrogen and oxygen atoms in total. The maximum absolute atomic E-state index is 13.5. The van der Waals surface area contributed by atoms with Gasteiger partial charge in [0.25, 0.3) is 5.91 Å². The molecular weight excluding hydrogens is 415 g/mol. The van der Waals surface area contributed by atoms with E-state index in [4.69, 9.17) is 4.99 Å². The van der Waals surface area contributed by atoms with Crippen molar-refractivity contribution in [2.45, 2.75) is 19.4 Å². The van der Waals surface area contributed by atoms with E-state index >= 15 is 0 Å². The molecule has 0 aliphatic carbocycles. The number of piperazine rings is 1. The Hall–Kier alpha value is -3.67. The van der Waals surface area contributed by atoms with Crippen molar-refractivity contribution >= 4 is 23.2 Å². The third kappa shape index (κ3) is 4.46. The van der Waals surface area contributed by atoms with Crippen LogP contribution in [0.1, 0.15) is 11.1 Å². The van der Waals surface area contributed by atoms with Gasteiger partial charge in [-0.15, -0.1) is 0 Å². The SMILES string of the molecule is Cc1ccc(N2C(=O)C(Cc3ccccc3)N=C2N2CCN(c3ccc(F)cc3)CC2)cc1. The fourth-order valence-electron chi connectivity index (χ4n) is 4.45. The number of guanidine groups is 1. The number of halogens is 1. The van der Waals surface area contributed by atoms with E-state index in [1.54, 1.807) is 4.90 Å². The molecule has 5 rings (SSSR count). The molecule has 0 saturated carbocycles. The van der Waals surface area contributed by atoms with Crippen LogP contribution in [0, 0.1) is 12.7 Å². The first kappa shape index (κ1) is 21.2. The maximum atomic E-state index is 13.5. The predicted octanol–water partition coefficient (Wildman–Crippen LogP) is 4.27. The number of aryl methyl sites for hydroxylation is 1. The second-order valence-electron chi connectivity index (χ2n) is 8.59. The average molecular weight is 443 g/mol. The van der Waals surface area contributed by atoms with E-state index in [-0.39, 0.29) is 11.7 Å². The van der Waals surface area contributed by atoms with Crippen molar-refractivity contribution in [3.8, 4) is 0 Å². The van der Waals surface area contributed by atoms with Crippen LogP contribution in [0.3, 0.4) is 0 Å². The quantitative estimate of drug-likeness (QED) is 0.606.